The average molecular weight is 776 g/mol. The first-order chi connectivity index (χ1) is 21.7. The smallest absolute Gasteiger partial charge is 0.347 e. The molecule has 0 atom stereocenters. The van der Waals surface area contributed by atoms with Crippen LogP contribution in [0.15, 0.2) is 80.8 Å². The van der Waals surface area contributed by atoms with Gasteiger partial charge in [0, 0.05) is 31.2 Å². The van der Waals surface area contributed by atoms with Crippen molar-refractivity contribution < 1.29 is 28.5 Å². The molecule has 0 saturated carbocycles. The fourth-order valence-electron chi connectivity index (χ4n) is 4.68. The normalized spacial score (nSPS) is 11.1. The Morgan fingerprint density at radius 2 is 1.58 bits per heavy atom. The minimum absolute atomic E-state index is 0.132. The molecule has 4 aromatic carbocycles. The molecule has 0 aliphatic carbocycles. The lowest BCUT2D eigenvalue weighted by Crippen LogP contribution is -2.19. The standard InChI is InChI=1S/C32H23Br2Cl2N3O6/c1-42-23-9-8-18(35)14-20(23)32(41)45-30-16(12-17(33)13-21(30)34)15-37-39-31(40)29-26(19-6-4-5-7-22(19)36)27-24(43-2)10-11-25(44-3)28(27)38-29/h4-15,38H,1-3H3,(H,39,40). The highest BCUT2D eigenvalue weighted by molar-refractivity contribution is 9.11. The number of methoxy groups -OCH3 is 3. The molecular weight excluding hydrogens is 753 g/mol. The van der Waals surface area contributed by atoms with Crippen LogP contribution in [0.5, 0.6) is 23.0 Å². The summed E-state index contributed by atoms with van der Waals surface area (Å²) >= 11 is 19.6. The number of esters is 1. The fraction of sp³-hybridized carbons (Fsp3) is 0.0938. The molecule has 9 nitrogen and oxygen atoms in total. The molecule has 1 amide bonds. The maximum absolute atomic E-state index is 13.7. The number of fused-ring (bicyclic) bond motifs is 1. The zero-order valence-electron chi connectivity index (χ0n) is 23.8. The van der Waals surface area contributed by atoms with Gasteiger partial charge in [-0.05, 0) is 64.5 Å². The first kappa shape index (κ1) is 32.4. The predicted molar refractivity (Wildman–Crippen MR) is 182 cm³/mol. The van der Waals surface area contributed by atoms with Gasteiger partial charge in [0.25, 0.3) is 5.91 Å². The second-order valence-corrected chi connectivity index (χ2v) is 11.9. The summed E-state index contributed by atoms with van der Waals surface area (Å²) in [5.74, 6) is 0.185. The van der Waals surface area contributed by atoms with Gasteiger partial charge in [0.05, 0.1) is 42.9 Å². The molecule has 230 valence electrons. The van der Waals surface area contributed by atoms with Crippen molar-refractivity contribution >= 4 is 84.1 Å². The van der Waals surface area contributed by atoms with E-state index in [-0.39, 0.29) is 17.0 Å². The number of carbonyl (C=O) groups is 2. The van der Waals surface area contributed by atoms with Crippen LogP contribution in [0, 0.1) is 0 Å². The van der Waals surface area contributed by atoms with Crippen LogP contribution in [-0.2, 0) is 0 Å². The monoisotopic (exact) mass is 773 g/mol. The van der Waals surface area contributed by atoms with Crippen molar-refractivity contribution in [1.82, 2.24) is 10.4 Å². The Labute approximate surface area is 284 Å². The van der Waals surface area contributed by atoms with Gasteiger partial charge in [-0.3, -0.25) is 4.79 Å². The fourth-order valence-corrected chi connectivity index (χ4v) is 6.42. The second kappa shape index (κ2) is 13.9. The van der Waals surface area contributed by atoms with Crippen LogP contribution in [0.2, 0.25) is 10.0 Å². The number of aromatic amines is 1. The first-order valence-electron chi connectivity index (χ1n) is 13.1. The van der Waals surface area contributed by atoms with Crippen molar-refractivity contribution in [3.8, 4) is 34.1 Å². The Bertz CT molecular complexity index is 1980. The van der Waals surface area contributed by atoms with E-state index in [1.165, 1.54) is 33.6 Å². The Morgan fingerprint density at radius 1 is 0.889 bits per heavy atom. The number of nitrogens with zero attached hydrogens (tertiary/aromatic N) is 1. The molecule has 5 aromatic rings. The van der Waals surface area contributed by atoms with E-state index in [0.29, 0.717) is 63.8 Å². The van der Waals surface area contributed by atoms with E-state index in [4.69, 9.17) is 42.1 Å². The molecule has 0 radical (unpaired) electrons. The predicted octanol–water partition coefficient (Wildman–Crippen LogP) is 8.68. The number of benzene rings is 4. The van der Waals surface area contributed by atoms with Gasteiger partial charge in [0.2, 0.25) is 0 Å². The van der Waals surface area contributed by atoms with Gasteiger partial charge in [-0.1, -0.05) is 57.3 Å². The van der Waals surface area contributed by atoms with Gasteiger partial charge in [0.1, 0.15) is 28.5 Å². The minimum Gasteiger partial charge on any atom is -0.496 e. The lowest BCUT2D eigenvalue weighted by Gasteiger charge is -2.12. The molecule has 0 aliphatic heterocycles. The maximum Gasteiger partial charge on any atom is 0.347 e. The van der Waals surface area contributed by atoms with E-state index < -0.39 is 11.9 Å². The average Bonchev–Trinajstić information content (AvgIpc) is 3.43. The highest BCUT2D eigenvalue weighted by atomic mass is 79.9. The van der Waals surface area contributed by atoms with E-state index in [2.05, 4.69) is 47.4 Å². The Morgan fingerprint density at radius 3 is 2.29 bits per heavy atom. The molecule has 45 heavy (non-hydrogen) atoms. The van der Waals surface area contributed by atoms with Crippen molar-refractivity contribution in [3.05, 3.63) is 103 Å². The summed E-state index contributed by atoms with van der Waals surface area (Å²) in [4.78, 5) is 30.0. The van der Waals surface area contributed by atoms with Crippen LogP contribution in [0.1, 0.15) is 26.4 Å². The van der Waals surface area contributed by atoms with Gasteiger partial charge >= 0.3 is 5.97 Å². The molecule has 0 aliphatic rings. The van der Waals surface area contributed by atoms with Crippen molar-refractivity contribution in [2.45, 2.75) is 0 Å². The van der Waals surface area contributed by atoms with Crippen molar-refractivity contribution in [3.63, 3.8) is 0 Å². The highest BCUT2D eigenvalue weighted by Crippen LogP contribution is 2.44. The summed E-state index contributed by atoms with van der Waals surface area (Å²) in [6, 6.07) is 18.6. The number of halogens is 4. The number of hydrogen-bond donors (Lipinski definition) is 2. The van der Waals surface area contributed by atoms with E-state index in [1.54, 1.807) is 54.6 Å². The first-order valence-corrected chi connectivity index (χ1v) is 15.4. The van der Waals surface area contributed by atoms with E-state index in [9.17, 15) is 9.59 Å². The molecule has 0 saturated heterocycles. The molecule has 2 N–H and O–H groups in total. The van der Waals surface area contributed by atoms with Gasteiger partial charge < -0.3 is 23.9 Å². The zero-order chi connectivity index (χ0) is 32.2. The quantitative estimate of drug-likeness (QED) is 0.0671. The lowest BCUT2D eigenvalue weighted by atomic mass is 10.0. The Hall–Kier alpha value is -4.03. The van der Waals surface area contributed by atoms with Gasteiger partial charge in [-0.15, -0.1) is 0 Å². The molecule has 1 heterocycles. The SMILES string of the molecule is COc1ccc(Cl)cc1C(=O)Oc1c(Br)cc(Br)cc1C=NNC(=O)c1[nH]c2c(OC)ccc(OC)c2c1-c1ccccc1Cl. The van der Waals surface area contributed by atoms with Crippen LogP contribution in [-0.4, -0.2) is 44.4 Å². The van der Waals surface area contributed by atoms with Gasteiger partial charge in [-0.25, -0.2) is 10.2 Å². The van der Waals surface area contributed by atoms with Crippen LogP contribution >= 0.6 is 55.1 Å². The summed E-state index contributed by atoms with van der Waals surface area (Å²) < 4.78 is 23.3. The second-order valence-electron chi connectivity index (χ2n) is 9.31. The molecule has 5 rings (SSSR count). The largest absolute Gasteiger partial charge is 0.496 e. The molecule has 0 fully saturated rings. The topological polar surface area (TPSA) is 111 Å². The number of hydrogen-bond acceptors (Lipinski definition) is 7. The number of hydrazone groups is 1. The lowest BCUT2D eigenvalue weighted by molar-refractivity contribution is 0.0729. The van der Waals surface area contributed by atoms with Crippen LogP contribution < -0.4 is 24.4 Å². The number of carbonyl (C=O) groups excluding carboxylic acids is 2. The van der Waals surface area contributed by atoms with E-state index in [1.807, 2.05) is 6.07 Å². The number of nitrogens with one attached hydrogen (secondary N) is 2. The Kier molecular flexibility index (Phi) is 10.0. The van der Waals surface area contributed by atoms with Crippen LogP contribution in [0.4, 0.5) is 0 Å². The maximum atomic E-state index is 13.7. The number of amides is 1. The molecule has 1 aromatic heterocycles. The third-order valence-corrected chi connectivity index (χ3v) is 8.28. The number of aromatic nitrogens is 1. The number of H-pyrrole nitrogens is 1. The summed E-state index contributed by atoms with van der Waals surface area (Å²) in [6.45, 7) is 0. The third kappa shape index (κ3) is 6.67. The van der Waals surface area contributed by atoms with Gasteiger partial charge in [-0.2, -0.15) is 5.10 Å². The number of ether oxygens (including phenoxy) is 4. The molecule has 0 bridgehead atoms. The third-order valence-electron chi connectivity index (χ3n) is 6.67. The van der Waals surface area contributed by atoms with Crippen LogP contribution in [0.3, 0.4) is 0 Å². The summed E-state index contributed by atoms with van der Waals surface area (Å²) in [7, 11) is 4.51. The van der Waals surface area contributed by atoms with Crippen LogP contribution in [0.25, 0.3) is 22.0 Å². The minimum atomic E-state index is -0.707. The van der Waals surface area contributed by atoms with E-state index >= 15 is 0 Å². The zero-order valence-corrected chi connectivity index (χ0v) is 28.5. The molecule has 13 heteroatoms. The summed E-state index contributed by atoms with van der Waals surface area (Å²) in [5.41, 5.74) is 4.89. The highest BCUT2D eigenvalue weighted by Gasteiger charge is 2.25. The Balaban J connectivity index is 1.52. The summed E-state index contributed by atoms with van der Waals surface area (Å²) in [6.07, 6.45) is 1.35. The van der Waals surface area contributed by atoms with Gasteiger partial charge in [0.15, 0.2) is 5.75 Å². The summed E-state index contributed by atoms with van der Waals surface area (Å²) in [5, 5.41) is 5.57. The molecule has 0 spiro atoms. The van der Waals surface area contributed by atoms with Crippen molar-refractivity contribution in [2.75, 3.05) is 21.3 Å². The van der Waals surface area contributed by atoms with Crippen molar-refractivity contribution in [2.24, 2.45) is 5.10 Å². The van der Waals surface area contributed by atoms with Crippen molar-refractivity contribution in [1.29, 1.82) is 0 Å². The number of rotatable bonds is 9. The van der Waals surface area contributed by atoms with E-state index in [0.717, 1.165) is 0 Å². The molecule has 0 unspecified atom stereocenters. The molecular formula is C32H23Br2Cl2N3O6.